The Morgan fingerprint density at radius 2 is 1.73 bits per heavy atom. The summed E-state index contributed by atoms with van der Waals surface area (Å²) in [6.45, 7) is 4.49. The van der Waals surface area contributed by atoms with E-state index in [1.165, 1.54) is 63.4 Å². The van der Waals surface area contributed by atoms with Crippen LogP contribution in [0.5, 0.6) is 0 Å². The molecule has 2 aliphatic rings. The Labute approximate surface area is 159 Å². The molecule has 2 heteroatoms. The van der Waals surface area contributed by atoms with Gasteiger partial charge in [-0.15, -0.1) is 0 Å². The Morgan fingerprint density at radius 3 is 2.35 bits per heavy atom. The molecule has 0 aliphatic heterocycles. The second-order valence-corrected chi connectivity index (χ2v) is 8.31. The highest BCUT2D eigenvalue weighted by Crippen LogP contribution is 2.50. The van der Waals surface area contributed by atoms with Gasteiger partial charge in [0.2, 0.25) is 0 Å². The van der Waals surface area contributed by atoms with E-state index in [-0.39, 0.29) is 5.97 Å². The van der Waals surface area contributed by atoms with Gasteiger partial charge in [-0.3, -0.25) is 0 Å². The third-order valence-electron chi connectivity index (χ3n) is 6.72. The standard InChI is InChI=1S/C24H34O2/c1-3-26-23(25)16-11-20-9-14-22(15-10-20)24(17-5-4-6-18-24)21-12-7-19(2)8-13-21/h7-8,11-13,16,20,22H,3-6,9-10,14-15,17-18H2,1-2H3. The number of benzene rings is 1. The molecule has 2 nitrogen and oxygen atoms in total. The lowest BCUT2D eigenvalue weighted by atomic mass is 9.58. The SMILES string of the molecule is CCOC(=O)C=CC1CCC(C2(c3ccc(C)cc3)CCCCC2)CC1. The summed E-state index contributed by atoms with van der Waals surface area (Å²) in [5.41, 5.74) is 3.32. The van der Waals surface area contributed by atoms with Crippen LogP contribution in [0.15, 0.2) is 36.4 Å². The monoisotopic (exact) mass is 354 g/mol. The van der Waals surface area contributed by atoms with E-state index >= 15 is 0 Å². The average Bonchev–Trinajstić information content (AvgIpc) is 2.68. The molecule has 26 heavy (non-hydrogen) atoms. The average molecular weight is 355 g/mol. The minimum atomic E-state index is -0.196. The summed E-state index contributed by atoms with van der Waals surface area (Å²) in [6.07, 6.45) is 15.5. The quantitative estimate of drug-likeness (QED) is 0.470. The van der Waals surface area contributed by atoms with Crippen molar-refractivity contribution in [2.75, 3.05) is 6.61 Å². The molecule has 0 amide bonds. The predicted octanol–water partition coefficient (Wildman–Crippen LogP) is 6.12. The van der Waals surface area contributed by atoms with Crippen LogP contribution >= 0.6 is 0 Å². The van der Waals surface area contributed by atoms with E-state index in [9.17, 15) is 4.79 Å². The van der Waals surface area contributed by atoms with Crippen molar-refractivity contribution >= 4 is 5.97 Å². The van der Waals surface area contributed by atoms with Gasteiger partial charge in [-0.2, -0.15) is 0 Å². The molecule has 0 radical (unpaired) electrons. The summed E-state index contributed by atoms with van der Waals surface area (Å²) in [4.78, 5) is 11.6. The highest BCUT2D eigenvalue weighted by atomic mass is 16.5. The Morgan fingerprint density at radius 1 is 1.08 bits per heavy atom. The number of hydrogen-bond acceptors (Lipinski definition) is 2. The number of carbonyl (C=O) groups excluding carboxylic acids is 1. The van der Waals surface area contributed by atoms with E-state index in [0.29, 0.717) is 17.9 Å². The van der Waals surface area contributed by atoms with E-state index in [2.05, 4.69) is 37.3 Å². The van der Waals surface area contributed by atoms with Crippen LogP contribution in [0.25, 0.3) is 0 Å². The summed E-state index contributed by atoms with van der Waals surface area (Å²) in [5.74, 6) is 1.13. The fraction of sp³-hybridized carbons (Fsp3) is 0.625. The van der Waals surface area contributed by atoms with Crippen LogP contribution < -0.4 is 0 Å². The molecule has 0 N–H and O–H groups in total. The van der Waals surface area contributed by atoms with E-state index in [0.717, 1.165) is 5.92 Å². The minimum Gasteiger partial charge on any atom is -0.463 e. The second-order valence-electron chi connectivity index (χ2n) is 8.31. The lowest BCUT2D eigenvalue weighted by Crippen LogP contribution is -2.39. The van der Waals surface area contributed by atoms with Crippen LogP contribution in [0.2, 0.25) is 0 Å². The predicted molar refractivity (Wildman–Crippen MR) is 107 cm³/mol. The number of aryl methyl sites for hydroxylation is 1. The molecule has 2 aliphatic carbocycles. The van der Waals surface area contributed by atoms with Crippen molar-refractivity contribution in [3.63, 3.8) is 0 Å². The normalized spacial score (nSPS) is 25.9. The van der Waals surface area contributed by atoms with Crippen LogP contribution in [0.3, 0.4) is 0 Å². The van der Waals surface area contributed by atoms with E-state index in [4.69, 9.17) is 4.74 Å². The molecule has 0 unspecified atom stereocenters. The van der Waals surface area contributed by atoms with Crippen molar-refractivity contribution in [1.29, 1.82) is 0 Å². The van der Waals surface area contributed by atoms with Gasteiger partial charge in [0, 0.05) is 6.08 Å². The topological polar surface area (TPSA) is 26.3 Å². The van der Waals surface area contributed by atoms with Crippen molar-refractivity contribution < 1.29 is 9.53 Å². The second kappa shape index (κ2) is 8.88. The Bertz CT molecular complexity index is 600. The number of hydrogen-bond donors (Lipinski definition) is 0. The smallest absolute Gasteiger partial charge is 0.330 e. The van der Waals surface area contributed by atoms with Crippen molar-refractivity contribution in [2.45, 2.75) is 77.0 Å². The van der Waals surface area contributed by atoms with Crippen LogP contribution in [-0.4, -0.2) is 12.6 Å². The molecule has 0 atom stereocenters. The fourth-order valence-electron chi connectivity index (χ4n) is 5.27. The van der Waals surface area contributed by atoms with Crippen LogP contribution in [0.4, 0.5) is 0 Å². The van der Waals surface area contributed by atoms with Gasteiger partial charge in [-0.05, 0) is 75.2 Å². The van der Waals surface area contributed by atoms with Gasteiger partial charge in [0.1, 0.15) is 0 Å². The molecular formula is C24H34O2. The van der Waals surface area contributed by atoms with Crippen LogP contribution in [-0.2, 0) is 14.9 Å². The van der Waals surface area contributed by atoms with E-state index in [1.54, 1.807) is 11.6 Å². The number of carbonyl (C=O) groups is 1. The van der Waals surface area contributed by atoms with Gasteiger partial charge in [0.15, 0.2) is 0 Å². The molecule has 2 saturated carbocycles. The van der Waals surface area contributed by atoms with Crippen LogP contribution in [0.1, 0.15) is 75.8 Å². The number of esters is 1. The number of allylic oxidation sites excluding steroid dienone is 1. The Hall–Kier alpha value is -1.57. The molecule has 0 bridgehead atoms. The lowest BCUT2D eigenvalue weighted by molar-refractivity contribution is -0.137. The van der Waals surface area contributed by atoms with Gasteiger partial charge < -0.3 is 4.74 Å². The van der Waals surface area contributed by atoms with E-state index < -0.39 is 0 Å². The maximum Gasteiger partial charge on any atom is 0.330 e. The van der Waals surface area contributed by atoms with Gasteiger partial charge >= 0.3 is 5.97 Å². The lowest BCUT2D eigenvalue weighted by Gasteiger charge is -2.47. The molecule has 1 aromatic rings. The van der Waals surface area contributed by atoms with Gasteiger partial charge in [-0.25, -0.2) is 4.79 Å². The minimum absolute atomic E-state index is 0.196. The van der Waals surface area contributed by atoms with Gasteiger partial charge in [0.05, 0.1) is 6.61 Å². The van der Waals surface area contributed by atoms with Crippen molar-refractivity contribution in [3.8, 4) is 0 Å². The highest BCUT2D eigenvalue weighted by Gasteiger charge is 2.42. The third-order valence-corrected chi connectivity index (χ3v) is 6.72. The van der Waals surface area contributed by atoms with Crippen LogP contribution in [0, 0.1) is 18.8 Å². The molecule has 0 spiro atoms. The Balaban J connectivity index is 1.68. The first-order chi connectivity index (χ1) is 12.6. The van der Waals surface area contributed by atoms with Crippen molar-refractivity contribution in [3.05, 3.63) is 47.5 Å². The molecule has 0 heterocycles. The van der Waals surface area contributed by atoms with Gasteiger partial charge in [-0.1, -0.05) is 55.2 Å². The molecule has 1 aromatic carbocycles. The molecule has 2 fully saturated rings. The fourth-order valence-corrected chi connectivity index (χ4v) is 5.27. The molecule has 3 rings (SSSR count). The zero-order chi connectivity index (χ0) is 18.4. The zero-order valence-corrected chi connectivity index (χ0v) is 16.5. The first kappa shape index (κ1) is 19.2. The van der Waals surface area contributed by atoms with E-state index in [1.807, 2.05) is 6.92 Å². The summed E-state index contributed by atoms with van der Waals surface area (Å²) < 4.78 is 5.01. The summed E-state index contributed by atoms with van der Waals surface area (Å²) in [7, 11) is 0. The first-order valence-corrected chi connectivity index (χ1v) is 10.6. The first-order valence-electron chi connectivity index (χ1n) is 10.6. The number of ether oxygens (including phenoxy) is 1. The maximum atomic E-state index is 11.6. The maximum absolute atomic E-state index is 11.6. The van der Waals surface area contributed by atoms with Gasteiger partial charge in [0.25, 0.3) is 0 Å². The zero-order valence-electron chi connectivity index (χ0n) is 16.5. The van der Waals surface area contributed by atoms with Crippen molar-refractivity contribution in [1.82, 2.24) is 0 Å². The third kappa shape index (κ3) is 4.39. The summed E-state index contributed by atoms with van der Waals surface area (Å²) >= 11 is 0. The Kier molecular flexibility index (Phi) is 6.56. The molecule has 142 valence electrons. The largest absolute Gasteiger partial charge is 0.463 e. The molecular weight excluding hydrogens is 320 g/mol. The van der Waals surface area contributed by atoms with Crippen molar-refractivity contribution in [2.24, 2.45) is 11.8 Å². The summed E-state index contributed by atoms with van der Waals surface area (Å²) in [5, 5.41) is 0. The molecule has 0 aromatic heterocycles. The number of rotatable bonds is 5. The summed E-state index contributed by atoms with van der Waals surface area (Å²) in [6, 6.07) is 9.37. The molecule has 0 saturated heterocycles. The highest BCUT2D eigenvalue weighted by molar-refractivity contribution is 5.81.